The molecule has 4 rings (SSSR count). The van der Waals surface area contributed by atoms with Gasteiger partial charge in [-0.2, -0.15) is 0 Å². The van der Waals surface area contributed by atoms with Crippen molar-refractivity contribution >= 4 is 11.9 Å². The van der Waals surface area contributed by atoms with E-state index in [0.717, 1.165) is 25.0 Å². The van der Waals surface area contributed by atoms with E-state index in [2.05, 4.69) is 0 Å². The molecule has 5 nitrogen and oxygen atoms in total. The third kappa shape index (κ3) is 3.75. The minimum atomic E-state index is -0.697. The largest absolute Gasteiger partial charge is 0.337 e. The van der Waals surface area contributed by atoms with Crippen LogP contribution in [-0.4, -0.2) is 66.4 Å². The first kappa shape index (κ1) is 17.6. The van der Waals surface area contributed by atoms with Crippen LogP contribution in [0.3, 0.4) is 0 Å². The second-order valence-electron chi connectivity index (χ2n) is 7.14. The number of hydrogen-bond acceptors (Lipinski definition) is 2. The van der Waals surface area contributed by atoms with Gasteiger partial charge in [-0.05, 0) is 30.4 Å². The van der Waals surface area contributed by atoms with Crippen LogP contribution in [0.15, 0.2) is 18.2 Å². The maximum Gasteiger partial charge on any atom is 0.319 e. The second-order valence-corrected chi connectivity index (χ2v) is 7.14. The Labute approximate surface area is 146 Å². The molecule has 0 N–H and O–H groups in total. The van der Waals surface area contributed by atoms with Crippen molar-refractivity contribution in [1.29, 1.82) is 0 Å². The van der Waals surface area contributed by atoms with Crippen LogP contribution in [0, 0.1) is 17.6 Å². The molecule has 136 valence electrons. The summed E-state index contributed by atoms with van der Waals surface area (Å²) in [6, 6.07) is 3.20. The summed E-state index contributed by atoms with van der Waals surface area (Å²) in [6.45, 7) is 1.73. The van der Waals surface area contributed by atoms with Crippen LogP contribution in [0.1, 0.15) is 18.4 Å². The topological polar surface area (TPSA) is 43.9 Å². The number of rotatable bonds is 2. The average Bonchev–Trinajstić information content (AvgIpc) is 2.88. The first-order valence-electron chi connectivity index (χ1n) is 8.54. The molecule has 3 amide bonds. The number of halogens is 2. The Morgan fingerprint density at radius 2 is 1.92 bits per heavy atom. The van der Waals surface area contributed by atoms with Gasteiger partial charge >= 0.3 is 6.03 Å². The summed E-state index contributed by atoms with van der Waals surface area (Å²) in [4.78, 5) is 30.1. The van der Waals surface area contributed by atoms with Crippen LogP contribution in [0.5, 0.6) is 0 Å². The summed E-state index contributed by atoms with van der Waals surface area (Å²) in [6.07, 6.45) is 1.74. The van der Waals surface area contributed by atoms with Crippen molar-refractivity contribution in [2.24, 2.45) is 5.92 Å². The fourth-order valence-electron chi connectivity index (χ4n) is 3.76. The van der Waals surface area contributed by atoms with E-state index >= 15 is 0 Å². The van der Waals surface area contributed by atoms with Crippen LogP contribution in [0.4, 0.5) is 13.6 Å². The third-order valence-corrected chi connectivity index (χ3v) is 5.04. The van der Waals surface area contributed by atoms with Crippen LogP contribution >= 0.6 is 0 Å². The van der Waals surface area contributed by atoms with Gasteiger partial charge in [0, 0.05) is 45.8 Å². The van der Waals surface area contributed by atoms with Crippen LogP contribution in [0.2, 0.25) is 0 Å². The Hall–Kier alpha value is -2.18. The molecule has 3 aliphatic heterocycles. The summed E-state index contributed by atoms with van der Waals surface area (Å²) in [5.41, 5.74) is 0.202. The molecule has 1 aromatic carbocycles. The highest BCUT2D eigenvalue weighted by atomic mass is 19.1. The number of carbonyl (C=O) groups is 2. The molecule has 2 bridgehead atoms. The van der Waals surface area contributed by atoms with Crippen LogP contribution in [0.25, 0.3) is 0 Å². The average molecular weight is 351 g/mol. The lowest BCUT2D eigenvalue weighted by Gasteiger charge is -2.36. The van der Waals surface area contributed by atoms with E-state index in [1.807, 2.05) is 0 Å². The van der Waals surface area contributed by atoms with Gasteiger partial charge in [0.05, 0.1) is 6.42 Å². The molecule has 0 unspecified atom stereocenters. The van der Waals surface area contributed by atoms with Crippen molar-refractivity contribution in [3.8, 4) is 0 Å². The number of carbonyl (C=O) groups excluding carboxylic acids is 2. The maximum absolute atomic E-state index is 13.8. The van der Waals surface area contributed by atoms with E-state index in [9.17, 15) is 18.4 Å². The molecule has 2 atom stereocenters. The number of hydrogen-bond donors (Lipinski definition) is 0. The van der Waals surface area contributed by atoms with Crippen molar-refractivity contribution in [3.05, 3.63) is 35.4 Å². The van der Waals surface area contributed by atoms with Gasteiger partial charge in [-0.1, -0.05) is 6.07 Å². The molecular weight excluding hydrogens is 328 g/mol. The fourth-order valence-corrected chi connectivity index (χ4v) is 3.76. The second kappa shape index (κ2) is 6.98. The van der Waals surface area contributed by atoms with E-state index in [-0.39, 0.29) is 35.9 Å². The molecule has 3 saturated heterocycles. The van der Waals surface area contributed by atoms with Crippen molar-refractivity contribution < 1.29 is 18.4 Å². The van der Waals surface area contributed by atoms with Gasteiger partial charge in [-0.25, -0.2) is 13.6 Å². The highest BCUT2D eigenvalue weighted by Gasteiger charge is 2.38. The van der Waals surface area contributed by atoms with Gasteiger partial charge in [0.1, 0.15) is 11.6 Å². The molecule has 3 aliphatic rings. The summed E-state index contributed by atoms with van der Waals surface area (Å²) >= 11 is 0. The Morgan fingerprint density at radius 1 is 1.16 bits per heavy atom. The molecule has 0 aliphatic carbocycles. The van der Waals surface area contributed by atoms with E-state index in [0.29, 0.717) is 19.6 Å². The lowest BCUT2D eigenvalue weighted by atomic mass is 9.94. The Balaban J connectivity index is 1.72. The molecular formula is C18H23F2N3O2. The highest BCUT2D eigenvalue weighted by Crippen LogP contribution is 2.29. The van der Waals surface area contributed by atoms with Crippen LogP contribution < -0.4 is 0 Å². The molecule has 0 aromatic heterocycles. The van der Waals surface area contributed by atoms with Gasteiger partial charge in [-0.3, -0.25) is 4.79 Å². The molecule has 25 heavy (non-hydrogen) atoms. The standard InChI is InChI=1S/C18H23F2N3O2/c1-21(2)18(25)22-9-12-3-6-15(11-22)23(10-12)17(24)7-13-4-5-14(19)8-16(13)20/h4-5,8,12,15H,3,6-7,9-11H2,1-2H3/t12-,15+/m0/s1. The monoisotopic (exact) mass is 351 g/mol. The van der Waals surface area contributed by atoms with Gasteiger partial charge in [0.15, 0.2) is 0 Å². The Morgan fingerprint density at radius 3 is 2.60 bits per heavy atom. The third-order valence-electron chi connectivity index (χ3n) is 5.04. The Kier molecular flexibility index (Phi) is 4.92. The van der Waals surface area contributed by atoms with Crippen molar-refractivity contribution in [2.75, 3.05) is 33.7 Å². The number of fused-ring (bicyclic) bond motifs is 4. The van der Waals surface area contributed by atoms with Crippen molar-refractivity contribution in [1.82, 2.24) is 14.7 Å². The molecule has 7 heteroatoms. The normalized spacial score (nSPS) is 22.7. The molecule has 0 saturated carbocycles. The van der Waals surface area contributed by atoms with E-state index in [1.54, 1.807) is 28.8 Å². The molecule has 0 radical (unpaired) electrons. The zero-order valence-corrected chi connectivity index (χ0v) is 14.5. The lowest BCUT2D eigenvalue weighted by Crippen LogP contribution is -2.49. The summed E-state index contributed by atoms with van der Waals surface area (Å²) in [5.74, 6) is -1.28. The summed E-state index contributed by atoms with van der Waals surface area (Å²) < 4.78 is 26.9. The zero-order valence-electron chi connectivity index (χ0n) is 14.5. The number of amides is 3. The van der Waals surface area contributed by atoms with E-state index in [4.69, 9.17) is 0 Å². The van der Waals surface area contributed by atoms with Gasteiger partial charge in [-0.15, -0.1) is 0 Å². The molecule has 0 spiro atoms. The predicted octanol–water partition coefficient (Wildman–Crippen LogP) is 2.11. The minimum Gasteiger partial charge on any atom is -0.337 e. The number of nitrogens with zero attached hydrogens (tertiary/aromatic N) is 3. The number of urea groups is 1. The Bertz CT molecular complexity index is 680. The predicted molar refractivity (Wildman–Crippen MR) is 88.9 cm³/mol. The fraction of sp³-hybridized carbons (Fsp3) is 0.556. The number of piperidine rings is 1. The van der Waals surface area contributed by atoms with Crippen molar-refractivity contribution in [2.45, 2.75) is 25.3 Å². The highest BCUT2D eigenvalue weighted by molar-refractivity contribution is 5.80. The molecule has 3 fully saturated rings. The van der Waals surface area contributed by atoms with E-state index in [1.165, 1.54) is 6.07 Å². The van der Waals surface area contributed by atoms with Gasteiger partial charge < -0.3 is 14.7 Å². The van der Waals surface area contributed by atoms with Crippen molar-refractivity contribution in [3.63, 3.8) is 0 Å². The maximum atomic E-state index is 13.8. The van der Waals surface area contributed by atoms with Gasteiger partial charge in [0.2, 0.25) is 5.91 Å². The molecule has 1 aromatic rings. The van der Waals surface area contributed by atoms with Gasteiger partial charge in [0.25, 0.3) is 0 Å². The lowest BCUT2D eigenvalue weighted by molar-refractivity contribution is -0.134. The quantitative estimate of drug-likeness (QED) is 0.819. The summed E-state index contributed by atoms with van der Waals surface area (Å²) in [7, 11) is 3.44. The minimum absolute atomic E-state index is 0.0429. The smallest absolute Gasteiger partial charge is 0.319 e. The summed E-state index contributed by atoms with van der Waals surface area (Å²) in [5, 5.41) is 0. The first-order valence-corrected chi connectivity index (χ1v) is 8.54. The van der Waals surface area contributed by atoms with E-state index < -0.39 is 11.6 Å². The zero-order chi connectivity index (χ0) is 18.1. The number of benzene rings is 1. The SMILES string of the molecule is CN(C)C(=O)N1C[C@@H]2CC[C@H](C1)N(C(=O)Cc1ccc(F)cc1F)C2. The first-order chi connectivity index (χ1) is 11.8. The molecule has 3 heterocycles. The van der Waals surface area contributed by atoms with Crippen LogP contribution in [-0.2, 0) is 11.2 Å².